The van der Waals surface area contributed by atoms with Crippen LogP contribution in [0.3, 0.4) is 0 Å². The Morgan fingerprint density at radius 1 is 0.838 bits per heavy atom. The third kappa shape index (κ3) is 11.6. The number of aliphatic carboxylic acids is 2. The monoisotopic (exact) mass is 526 g/mol. The van der Waals surface area contributed by atoms with Gasteiger partial charge in [-0.2, -0.15) is 0 Å². The molecule has 1 heterocycles. The molecule has 0 aliphatic carbocycles. The van der Waals surface area contributed by atoms with Crippen LogP contribution in [-0.4, -0.2) is 85.8 Å². The fourth-order valence-corrected chi connectivity index (χ4v) is 3.02. The third-order valence-corrected chi connectivity index (χ3v) is 4.95. The van der Waals surface area contributed by atoms with Crippen molar-refractivity contribution in [1.29, 1.82) is 0 Å². The second-order valence-electron chi connectivity index (χ2n) is 8.02. The van der Waals surface area contributed by atoms with Crippen molar-refractivity contribution in [2.24, 2.45) is 17.2 Å². The van der Waals surface area contributed by atoms with Gasteiger partial charge in [-0.05, 0) is 12.8 Å². The van der Waals surface area contributed by atoms with Gasteiger partial charge in [-0.1, -0.05) is 0 Å². The van der Waals surface area contributed by atoms with Crippen molar-refractivity contribution in [1.82, 2.24) is 25.9 Å². The van der Waals surface area contributed by atoms with Crippen LogP contribution < -0.4 is 33.2 Å². The number of hydrogen-bond acceptors (Lipinski definition) is 9. The van der Waals surface area contributed by atoms with Gasteiger partial charge in [0.25, 0.3) is 0 Å². The number of H-pyrrole nitrogens is 1. The molecule has 4 unspecified atom stereocenters. The number of carbonyl (C=O) groups is 7. The van der Waals surface area contributed by atoms with Crippen molar-refractivity contribution in [2.45, 2.75) is 62.7 Å². The molecular formula is C20H30N8O9. The summed E-state index contributed by atoms with van der Waals surface area (Å²) in [5, 5.41) is 25.0. The summed E-state index contributed by atoms with van der Waals surface area (Å²) in [6.45, 7) is 0. The van der Waals surface area contributed by atoms with E-state index in [2.05, 4.69) is 25.9 Å². The van der Waals surface area contributed by atoms with Crippen molar-refractivity contribution in [2.75, 3.05) is 0 Å². The molecule has 0 saturated carbocycles. The maximum Gasteiger partial charge on any atom is 0.326 e. The van der Waals surface area contributed by atoms with E-state index < -0.39 is 78.5 Å². The lowest BCUT2D eigenvalue weighted by Gasteiger charge is -2.24. The summed E-state index contributed by atoms with van der Waals surface area (Å²) in [7, 11) is 0. The Labute approximate surface area is 209 Å². The topological polar surface area (TPSA) is 303 Å². The fourth-order valence-electron chi connectivity index (χ4n) is 3.02. The zero-order valence-electron chi connectivity index (χ0n) is 19.6. The highest BCUT2D eigenvalue weighted by Gasteiger charge is 2.31. The molecule has 0 bridgehead atoms. The van der Waals surface area contributed by atoms with E-state index in [1.54, 1.807) is 0 Å². The lowest BCUT2D eigenvalue weighted by molar-refractivity contribution is -0.143. The highest BCUT2D eigenvalue weighted by molar-refractivity contribution is 5.95. The third-order valence-electron chi connectivity index (χ3n) is 4.95. The lowest BCUT2D eigenvalue weighted by Crippen LogP contribution is -2.58. The summed E-state index contributed by atoms with van der Waals surface area (Å²) >= 11 is 0. The van der Waals surface area contributed by atoms with Crippen LogP contribution in [0.2, 0.25) is 0 Å². The number of nitrogens with one attached hydrogen (secondary N) is 4. The van der Waals surface area contributed by atoms with Crippen molar-refractivity contribution in [3.8, 4) is 0 Å². The largest absolute Gasteiger partial charge is 0.481 e. The smallest absolute Gasteiger partial charge is 0.326 e. The van der Waals surface area contributed by atoms with Crippen LogP contribution in [0.1, 0.15) is 37.8 Å². The van der Waals surface area contributed by atoms with Crippen LogP contribution in [0.4, 0.5) is 0 Å². The molecule has 204 valence electrons. The summed E-state index contributed by atoms with van der Waals surface area (Å²) in [6, 6.07) is -5.81. The number of nitrogens with two attached hydrogens (primary N) is 3. The Kier molecular flexibility index (Phi) is 12.2. The minimum atomic E-state index is -1.68. The average Bonchev–Trinajstić information content (AvgIpc) is 3.31. The van der Waals surface area contributed by atoms with Crippen molar-refractivity contribution in [3.05, 3.63) is 18.2 Å². The Bertz CT molecular complexity index is 998. The molecule has 17 nitrogen and oxygen atoms in total. The van der Waals surface area contributed by atoms with Gasteiger partial charge in [0.15, 0.2) is 0 Å². The summed E-state index contributed by atoms with van der Waals surface area (Å²) in [5.74, 6) is -7.36. The predicted octanol–water partition coefficient (Wildman–Crippen LogP) is -4.18. The summed E-state index contributed by atoms with van der Waals surface area (Å²) in [6.07, 6.45) is 0.455. The van der Waals surface area contributed by atoms with E-state index in [0.717, 1.165) is 0 Å². The molecule has 0 saturated heterocycles. The van der Waals surface area contributed by atoms with E-state index in [1.165, 1.54) is 12.5 Å². The van der Waals surface area contributed by atoms with Crippen molar-refractivity contribution < 1.29 is 43.8 Å². The number of hydrogen-bond donors (Lipinski definition) is 9. The van der Waals surface area contributed by atoms with Gasteiger partial charge >= 0.3 is 11.9 Å². The first-order valence-corrected chi connectivity index (χ1v) is 10.9. The molecule has 0 aliphatic rings. The number of aromatic amines is 1. The zero-order valence-corrected chi connectivity index (χ0v) is 19.6. The predicted molar refractivity (Wildman–Crippen MR) is 123 cm³/mol. The van der Waals surface area contributed by atoms with E-state index in [1.807, 2.05) is 0 Å². The van der Waals surface area contributed by atoms with Gasteiger partial charge in [-0.25, -0.2) is 9.78 Å². The summed E-state index contributed by atoms with van der Waals surface area (Å²) in [5.41, 5.74) is 16.1. The molecule has 12 N–H and O–H groups in total. The van der Waals surface area contributed by atoms with Crippen molar-refractivity contribution >= 4 is 41.5 Å². The lowest BCUT2D eigenvalue weighted by atomic mass is 10.1. The number of carbonyl (C=O) groups excluding carboxylic acids is 5. The normalized spacial score (nSPS) is 13.9. The van der Waals surface area contributed by atoms with Crippen LogP contribution in [0.25, 0.3) is 0 Å². The number of nitrogens with zero attached hydrogens (tertiary/aromatic N) is 1. The van der Waals surface area contributed by atoms with Gasteiger partial charge in [0, 0.05) is 31.2 Å². The van der Waals surface area contributed by atoms with E-state index in [-0.39, 0.29) is 25.7 Å². The minimum Gasteiger partial charge on any atom is -0.481 e. The molecule has 0 fully saturated rings. The standard InChI is InChI=1S/C20H30N8O9/c21-10(1-3-14(22)29)17(33)26-11(2-4-16(31)32)18(34)27-12(5-9-7-24-8-25-9)19(35)28-13(20(36)37)6-15(23)30/h7-8,10-13H,1-6,21H2,(H2,22,29)(H2,23,30)(H,24,25)(H,26,33)(H,27,34)(H,28,35)(H,31,32)(H,36,37). The number of rotatable bonds is 17. The number of imidazole rings is 1. The molecule has 1 rings (SSSR count). The number of aromatic nitrogens is 2. The second-order valence-corrected chi connectivity index (χ2v) is 8.02. The molecule has 1 aromatic rings. The van der Waals surface area contributed by atoms with Gasteiger partial charge in [0.2, 0.25) is 29.5 Å². The maximum absolute atomic E-state index is 13.0. The van der Waals surface area contributed by atoms with E-state index in [4.69, 9.17) is 22.3 Å². The summed E-state index contributed by atoms with van der Waals surface area (Å²) in [4.78, 5) is 89.3. The molecule has 0 spiro atoms. The van der Waals surface area contributed by atoms with Crippen LogP contribution >= 0.6 is 0 Å². The molecular weight excluding hydrogens is 496 g/mol. The molecule has 0 aromatic carbocycles. The van der Waals surface area contributed by atoms with Crippen LogP contribution in [0.5, 0.6) is 0 Å². The van der Waals surface area contributed by atoms with Crippen LogP contribution in [-0.2, 0) is 40.0 Å². The molecule has 1 aromatic heterocycles. The van der Waals surface area contributed by atoms with Crippen LogP contribution in [0, 0.1) is 0 Å². The average molecular weight is 527 g/mol. The van der Waals surface area contributed by atoms with E-state index >= 15 is 0 Å². The van der Waals surface area contributed by atoms with Gasteiger partial charge in [-0.3, -0.25) is 28.8 Å². The highest BCUT2D eigenvalue weighted by Crippen LogP contribution is 2.05. The molecule has 17 heteroatoms. The number of primary amides is 2. The van der Waals surface area contributed by atoms with Crippen LogP contribution in [0.15, 0.2) is 12.5 Å². The molecule has 5 amide bonds. The molecule has 4 atom stereocenters. The van der Waals surface area contributed by atoms with Gasteiger partial charge in [0.1, 0.15) is 18.1 Å². The Morgan fingerprint density at radius 2 is 1.43 bits per heavy atom. The fraction of sp³-hybridized carbons (Fsp3) is 0.500. The number of carboxylic acids is 2. The van der Waals surface area contributed by atoms with Gasteiger partial charge < -0.3 is 48.3 Å². The van der Waals surface area contributed by atoms with E-state index in [9.17, 15) is 38.7 Å². The maximum atomic E-state index is 13.0. The zero-order chi connectivity index (χ0) is 28.1. The molecule has 0 radical (unpaired) electrons. The first-order chi connectivity index (χ1) is 17.3. The summed E-state index contributed by atoms with van der Waals surface area (Å²) < 4.78 is 0. The minimum absolute atomic E-state index is 0.129. The van der Waals surface area contributed by atoms with E-state index in [0.29, 0.717) is 5.69 Å². The second kappa shape index (κ2) is 14.8. The SMILES string of the molecule is NC(=O)CCC(N)C(=O)NC(CCC(=O)O)C(=O)NC(Cc1cnc[nH]1)C(=O)NC(CC(N)=O)C(=O)O. The molecule has 0 aliphatic heterocycles. The number of amides is 5. The molecule has 37 heavy (non-hydrogen) atoms. The number of carboxylic acid groups (broad SMARTS) is 2. The Morgan fingerprint density at radius 3 is 1.95 bits per heavy atom. The first-order valence-electron chi connectivity index (χ1n) is 10.9. The quantitative estimate of drug-likeness (QED) is 0.0937. The van der Waals surface area contributed by atoms with Crippen molar-refractivity contribution in [3.63, 3.8) is 0 Å². The van der Waals surface area contributed by atoms with Gasteiger partial charge in [0.05, 0.1) is 18.8 Å². The van der Waals surface area contributed by atoms with Gasteiger partial charge in [-0.15, -0.1) is 0 Å². The first kappa shape index (κ1) is 30.5. The highest BCUT2D eigenvalue weighted by atomic mass is 16.4. The Hall–Kier alpha value is -4.54. The Balaban J connectivity index is 3.08.